The van der Waals surface area contributed by atoms with Gasteiger partial charge in [-0.05, 0) is 179 Å². The van der Waals surface area contributed by atoms with Crippen molar-refractivity contribution in [3.63, 3.8) is 0 Å². The molecule has 4 aromatic carbocycles. The Hall–Kier alpha value is -4.55. The van der Waals surface area contributed by atoms with Crippen LogP contribution in [0.5, 0.6) is 11.5 Å². The van der Waals surface area contributed by atoms with Crippen LogP contribution < -0.4 is 31.6 Å². The van der Waals surface area contributed by atoms with Crippen LogP contribution in [0.4, 0.5) is 31.1 Å². The Morgan fingerprint density at radius 2 is 1.32 bits per heavy atom. The molecule has 3 unspecified atom stereocenters. The first-order valence-electron chi connectivity index (χ1n) is 23.8. The summed E-state index contributed by atoms with van der Waals surface area (Å²) >= 11 is 10.9. The van der Waals surface area contributed by atoms with Crippen molar-refractivity contribution in [2.24, 2.45) is 10.7 Å². The molecule has 0 radical (unpaired) electrons. The number of alkyl halides is 1. The largest absolute Gasteiger partial charge is 0.489 e. The van der Waals surface area contributed by atoms with Gasteiger partial charge in [-0.3, -0.25) is 19.4 Å². The molecule has 3 atom stereocenters. The number of thioether (sulfide) groups is 1. The normalized spacial score (nSPS) is 16.0. The summed E-state index contributed by atoms with van der Waals surface area (Å²) < 4.78 is 39.0. The Bertz CT molecular complexity index is 2520. The molecule has 2 fully saturated rings. The van der Waals surface area contributed by atoms with Crippen LogP contribution in [0.3, 0.4) is 0 Å². The van der Waals surface area contributed by atoms with Gasteiger partial charge in [0.15, 0.2) is 21.2 Å². The van der Waals surface area contributed by atoms with E-state index in [-0.39, 0.29) is 56.5 Å². The van der Waals surface area contributed by atoms with E-state index in [0.29, 0.717) is 55.4 Å². The van der Waals surface area contributed by atoms with Crippen molar-refractivity contribution in [3.8, 4) is 11.5 Å². The Kier molecular flexibility index (Phi) is 25.3. The van der Waals surface area contributed by atoms with E-state index in [1.165, 1.54) is 60.3 Å². The molecule has 384 valence electrons. The highest BCUT2D eigenvalue weighted by Gasteiger charge is 2.22. The molecular weight excluding hydrogens is 1050 g/mol. The maximum absolute atomic E-state index is 13.8. The number of likely N-dealkylation sites (N-methyl/N-ethyl adjacent to an activating group) is 2. The van der Waals surface area contributed by atoms with Crippen molar-refractivity contribution in [2.75, 3.05) is 66.7 Å². The number of anilines is 4. The number of Topliss-reactive ketones (excluding diaryl/α,β-unsaturated/α-hetero) is 1. The molecule has 2 aliphatic heterocycles. The number of thiocarbonyl (C=S) groups is 1. The minimum atomic E-state index is -0.313. The van der Waals surface area contributed by atoms with Crippen LogP contribution in [0.25, 0.3) is 0 Å². The van der Waals surface area contributed by atoms with E-state index in [0.717, 1.165) is 80.6 Å². The third kappa shape index (κ3) is 18.8. The summed E-state index contributed by atoms with van der Waals surface area (Å²) in [6.07, 6.45) is 6.14. The number of nitrogens with zero attached hydrogens (tertiary/aromatic N) is 4. The first-order chi connectivity index (χ1) is 33.7. The van der Waals surface area contributed by atoms with Gasteiger partial charge in [-0.1, -0.05) is 73.6 Å². The molecule has 3 heterocycles. The van der Waals surface area contributed by atoms with Crippen molar-refractivity contribution in [2.45, 2.75) is 85.4 Å². The number of piperidine rings is 2. The average molecular weight is 1110 g/mol. The molecule has 2 saturated heterocycles. The molecule has 5 aromatic rings. The molecule has 19 heteroatoms. The molecule has 7 rings (SSSR count). The highest BCUT2D eigenvalue weighted by molar-refractivity contribution is 9.09. The zero-order chi connectivity index (χ0) is 50.6. The maximum Gasteiger partial charge on any atom is 0.206 e. The number of rotatable bonds is 16. The van der Waals surface area contributed by atoms with E-state index in [9.17, 15) is 18.4 Å². The smallest absolute Gasteiger partial charge is 0.206 e. The lowest BCUT2D eigenvalue weighted by Crippen LogP contribution is -2.40. The van der Waals surface area contributed by atoms with Gasteiger partial charge >= 0.3 is 0 Å². The highest BCUT2D eigenvalue weighted by atomic mass is 79.9. The lowest BCUT2D eigenvalue weighted by Gasteiger charge is -2.32. The molecule has 2 aliphatic rings. The molecule has 0 amide bonds. The van der Waals surface area contributed by atoms with Crippen molar-refractivity contribution < 1.29 is 27.8 Å². The molecule has 1 aromatic heterocycles. The summed E-state index contributed by atoms with van der Waals surface area (Å²) in [4.78, 5) is 37.7. The third-order valence-electron chi connectivity index (χ3n) is 11.6. The third-order valence-corrected chi connectivity index (χ3v) is 13.9. The number of hydrogen-bond acceptors (Lipinski definition) is 12. The number of halogens is 3. The predicted octanol–water partition coefficient (Wildman–Crippen LogP) is 11.6. The second-order valence-corrected chi connectivity index (χ2v) is 19.7. The lowest BCUT2D eigenvalue weighted by atomic mass is 10.0. The van der Waals surface area contributed by atoms with Gasteiger partial charge in [-0.15, -0.1) is 0 Å². The molecular formula is C52H68BrF2N8O4PS3. The number of aryl methyl sites for hydroxylation is 2. The minimum absolute atomic E-state index is 0. The van der Waals surface area contributed by atoms with Crippen molar-refractivity contribution in [1.29, 1.82) is 0 Å². The topological polar surface area (TPSA) is 160 Å². The fourth-order valence-corrected chi connectivity index (χ4v) is 9.65. The van der Waals surface area contributed by atoms with E-state index >= 15 is 0 Å². The lowest BCUT2D eigenvalue weighted by molar-refractivity contribution is 0.0919. The van der Waals surface area contributed by atoms with E-state index in [4.69, 9.17) is 33.2 Å². The van der Waals surface area contributed by atoms with E-state index in [1.54, 1.807) is 12.1 Å². The number of hydrogen-bond donors (Lipinski definition) is 4. The number of ether oxygens (including phenoxy) is 2. The second kappa shape index (κ2) is 30.5. The number of carbonyl (C=O) groups excluding carboxylic acids is 2. The number of nitrogen functional groups attached to an aromatic ring is 1. The number of aliphatic imine (C=N–C) groups is 1. The summed E-state index contributed by atoms with van der Waals surface area (Å²) in [6, 6.07) is 24.4. The first kappa shape index (κ1) is 59.0. The van der Waals surface area contributed by atoms with Gasteiger partial charge in [0.1, 0.15) is 46.0 Å². The van der Waals surface area contributed by atoms with Crippen molar-refractivity contribution in [3.05, 3.63) is 124 Å². The number of benzene rings is 4. The van der Waals surface area contributed by atoms with E-state index < -0.39 is 0 Å². The molecule has 71 heavy (non-hydrogen) atoms. The monoisotopic (exact) mass is 1110 g/mol. The molecule has 0 saturated carbocycles. The molecule has 0 aliphatic carbocycles. The number of likely N-dealkylation sites (tertiary alicyclic amines) is 2. The van der Waals surface area contributed by atoms with Crippen LogP contribution in [0.2, 0.25) is 0 Å². The average Bonchev–Trinajstić information content (AvgIpc) is 3.74. The summed E-state index contributed by atoms with van der Waals surface area (Å²) in [5.74, 6) is 1.93. The predicted molar refractivity (Wildman–Crippen MR) is 304 cm³/mol. The summed E-state index contributed by atoms with van der Waals surface area (Å²) in [5, 5.41) is 7.92. The van der Waals surface area contributed by atoms with Gasteiger partial charge in [0.05, 0.1) is 5.33 Å². The van der Waals surface area contributed by atoms with Gasteiger partial charge in [0.25, 0.3) is 0 Å². The first-order valence-corrected chi connectivity index (χ1v) is 27.1. The summed E-state index contributed by atoms with van der Waals surface area (Å²) in [7, 11) is 0. The van der Waals surface area contributed by atoms with Crippen LogP contribution in [0, 0.1) is 11.6 Å². The van der Waals surface area contributed by atoms with Gasteiger partial charge in [-0.25, -0.2) is 13.8 Å². The van der Waals surface area contributed by atoms with Gasteiger partial charge < -0.3 is 31.6 Å². The fraction of sp³-hybridized carbons (Fsp3) is 0.404. The summed E-state index contributed by atoms with van der Waals surface area (Å²) in [5.41, 5.74) is 15.5. The number of ketones is 2. The molecule has 6 N–H and O–H groups in total. The number of carbonyl (C=O) groups is 2. The van der Waals surface area contributed by atoms with Gasteiger partial charge in [0, 0.05) is 35.6 Å². The van der Waals surface area contributed by atoms with Crippen LogP contribution in [0.15, 0.2) is 89.9 Å². The number of amidine groups is 1. The SMILES string of the molecule is CCSC(N)=NC(=S)Nc1ccc(OC2CCCN(CC)C2)cc1.CCc1cc(C(=O)CBr)ccc1F.CCc1cc(C(=O)c2sc(Nc3ccc(OC4CCCN(CC)C4)cc3)nc2N)ccc1F.P. The number of nitrogens with one attached hydrogen (secondary N) is 2. The van der Waals surface area contributed by atoms with Crippen LogP contribution in [0.1, 0.15) is 97.0 Å². The van der Waals surface area contributed by atoms with E-state index in [2.05, 4.69) is 60.2 Å². The molecule has 0 bridgehead atoms. The summed E-state index contributed by atoms with van der Waals surface area (Å²) in [6.45, 7) is 16.5. The Labute approximate surface area is 443 Å². The van der Waals surface area contributed by atoms with Crippen molar-refractivity contribution >= 4 is 105 Å². The maximum atomic E-state index is 13.8. The fourth-order valence-electron chi connectivity index (χ4n) is 7.73. The zero-order valence-corrected chi connectivity index (χ0v) is 46.7. The van der Waals surface area contributed by atoms with Crippen LogP contribution in [-0.2, 0) is 12.8 Å². The van der Waals surface area contributed by atoms with Crippen LogP contribution in [-0.4, -0.2) is 99.2 Å². The number of nitrogens with two attached hydrogens (primary N) is 2. The van der Waals surface area contributed by atoms with Gasteiger partial charge in [-0.2, -0.15) is 14.9 Å². The second-order valence-electron chi connectivity index (χ2n) is 16.5. The van der Waals surface area contributed by atoms with Crippen LogP contribution >= 0.6 is 61.1 Å². The quantitative estimate of drug-likeness (QED) is 0.0185. The standard InChI is InChI=1S/C25H29FN4O2S.C17H26N4OS2.C10H10BrFO.H3P/c1-3-16-14-17(7-12-21(16)26)22(31)23-24(27)29-25(33-23)28-18-8-10-19(11-9-18)32-20-6-5-13-30(4-2)15-20;1-3-21-11-5-6-15(12-21)22-14-9-7-13(8-10-14)19-17(23)20-16(18)24-4-2;1-2-7-5-8(10(13)6-11)3-4-9(7)12;/h7-12,14,20H,3-6,13,15,27H2,1-2H3,(H,28,29);7-10,15H,3-6,11-12H2,1-2H3,(H3,18,19,20,23);3-5H,2,6H2,1H3;1H3. The Morgan fingerprint density at radius 1 is 0.817 bits per heavy atom. The molecule has 0 spiro atoms. The molecule has 12 nitrogen and oxygen atoms in total. The number of thiazole rings is 1. The Balaban J connectivity index is 0.000000252. The number of aromatic nitrogens is 1. The van der Waals surface area contributed by atoms with E-state index in [1.807, 2.05) is 69.3 Å². The Morgan fingerprint density at radius 3 is 1.82 bits per heavy atom. The minimum Gasteiger partial charge on any atom is -0.489 e. The zero-order valence-electron chi connectivity index (χ0n) is 41.3. The highest BCUT2D eigenvalue weighted by Crippen LogP contribution is 2.31. The van der Waals surface area contributed by atoms with Gasteiger partial charge in [0.2, 0.25) is 5.78 Å². The van der Waals surface area contributed by atoms with Crippen molar-refractivity contribution in [1.82, 2.24) is 14.8 Å².